The van der Waals surface area contributed by atoms with Crippen molar-refractivity contribution in [3.63, 3.8) is 0 Å². The van der Waals surface area contributed by atoms with Crippen LogP contribution in [0.2, 0.25) is 0 Å². The minimum absolute atomic E-state index is 0.568. The van der Waals surface area contributed by atoms with Gasteiger partial charge in [-0.25, -0.2) is 0 Å². The summed E-state index contributed by atoms with van der Waals surface area (Å²) in [6.07, 6.45) is 3.61. The van der Waals surface area contributed by atoms with Crippen LogP contribution in [-0.2, 0) is 0 Å². The maximum atomic E-state index is 9.46. The van der Waals surface area contributed by atoms with Crippen LogP contribution in [0.5, 0.6) is 0 Å². The van der Waals surface area contributed by atoms with Gasteiger partial charge >= 0.3 is 0 Å². The van der Waals surface area contributed by atoms with Crippen molar-refractivity contribution in [2.24, 2.45) is 0 Å². The van der Waals surface area contributed by atoms with E-state index in [-0.39, 0.29) is 0 Å². The average Bonchev–Trinajstić information content (AvgIpc) is 2.88. The zero-order chi connectivity index (χ0) is 16.2. The smallest absolute Gasteiger partial charge is 0.101 e. The molecule has 0 amide bonds. The Morgan fingerprint density at radius 2 is 1.83 bits per heavy atom. The van der Waals surface area contributed by atoms with Crippen LogP contribution in [0, 0.1) is 25.2 Å². The maximum Gasteiger partial charge on any atom is 0.101 e. The maximum absolute atomic E-state index is 9.46. The van der Waals surface area contributed by atoms with Crippen molar-refractivity contribution in [2.45, 2.75) is 13.8 Å². The molecule has 3 nitrogen and oxygen atoms in total. The number of para-hydroxylation sites is 1. The minimum Gasteiger partial charge on any atom is -0.318 e. The number of rotatable bonds is 3. The Labute approximate surface area is 136 Å². The molecule has 0 radical (unpaired) electrons. The number of nitriles is 1. The van der Waals surface area contributed by atoms with E-state index >= 15 is 0 Å². The molecule has 0 N–H and O–H groups in total. The largest absolute Gasteiger partial charge is 0.318 e. The molecule has 0 aliphatic carbocycles. The Kier molecular flexibility index (Phi) is 4.07. The van der Waals surface area contributed by atoms with Gasteiger partial charge in [0.15, 0.2) is 0 Å². The van der Waals surface area contributed by atoms with E-state index in [1.807, 2.05) is 42.5 Å². The highest BCUT2D eigenvalue weighted by Crippen LogP contribution is 2.24. The lowest BCUT2D eigenvalue weighted by atomic mass is 10.1. The molecule has 3 rings (SSSR count). The van der Waals surface area contributed by atoms with Crippen LogP contribution in [-0.4, -0.2) is 9.55 Å². The molecular formula is C20H17N3. The van der Waals surface area contributed by atoms with E-state index in [9.17, 15) is 5.26 Å². The Morgan fingerprint density at radius 1 is 1.09 bits per heavy atom. The van der Waals surface area contributed by atoms with Crippen molar-refractivity contribution >= 4 is 11.6 Å². The monoisotopic (exact) mass is 299 g/mol. The molecule has 3 heteroatoms. The highest BCUT2D eigenvalue weighted by atomic mass is 15.0. The molecule has 0 saturated heterocycles. The van der Waals surface area contributed by atoms with Gasteiger partial charge in [0, 0.05) is 23.3 Å². The van der Waals surface area contributed by atoms with E-state index in [4.69, 9.17) is 0 Å². The van der Waals surface area contributed by atoms with Crippen LogP contribution in [0.1, 0.15) is 22.6 Å². The number of allylic oxidation sites excluding steroid dienone is 1. The van der Waals surface area contributed by atoms with Crippen molar-refractivity contribution in [3.8, 4) is 11.8 Å². The summed E-state index contributed by atoms with van der Waals surface area (Å²) in [5.74, 6) is 0. The highest BCUT2D eigenvalue weighted by Gasteiger charge is 2.10. The fourth-order valence-electron chi connectivity index (χ4n) is 2.75. The van der Waals surface area contributed by atoms with Crippen molar-refractivity contribution in [1.82, 2.24) is 9.55 Å². The molecule has 3 aromatic rings. The molecule has 0 aliphatic heterocycles. The van der Waals surface area contributed by atoms with Crippen LogP contribution < -0.4 is 0 Å². The third-order valence-electron chi connectivity index (χ3n) is 3.85. The molecular weight excluding hydrogens is 282 g/mol. The Balaban J connectivity index is 2.09. The Bertz CT molecular complexity index is 882. The number of nitrogens with zero attached hydrogens (tertiary/aromatic N) is 3. The van der Waals surface area contributed by atoms with Gasteiger partial charge in [-0.2, -0.15) is 5.26 Å². The predicted molar refractivity (Wildman–Crippen MR) is 93.0 cm³/mol. The first kappa shape index (κ1) is 14.8. The second-order valence-electron chi connectivity index (χ2n) is 5.38. The molecule has 0 saturated carbocycles. The van der Waals surface area contributed by atoms with Crippen molar-refractivity contribution in [3.05, 3.63) is 83.4 Å². The summed E-state index contributed by atoms with van der Waals surface area (Å²) in [5, 5.41) is 9.46. The molecule has 0 atom stereocenters. The van der Waals surface area contributed by atoms with Gasteiger partial charge in [0.05, 0.1) is 11.3 Å². The van der Waals surface area contributed by atoms with Gasteiger partial charge in [0.25, 0.3) is 0 Å². The summed E-state index contributed by atoms with van der Waals surface area (Å²) >= 11 is 0. The van der Waals surface area contributed by atoms with Gasteiger partial charge in [-0.15, -0.1) is 0 Å². The summed E-state index contributed by atoms with van der Waals surface area (Å²) in [7, 11) is 0. The van der Waals surface area contributed by atoms with Crippen LogP contribution in [0.4, 0.5) is 0 Å². The normalized spacial score (nSPS) is 11.3. The molecule has 0 spiro atoms. The van der Waals surface area contributed by atoms with Crippen molar-refractivity contribution in [2.75, 3.05) is 0 Å². The molecule has 2 aromatic heterocycles. The summed E-state index contributed by atoms with van der Waals surface area (Å²) in [4.78, 5) is 4.27. The summed E-state index contributed by atoms with van der Waals surface area (Å²) in [5.41, 5.74) is 5.67. The van der Waals surface area contributed by atoms with Crippen molar-refractivity contribution < 1.29 is 0 Å². The molecule has 0 unspecified atom stereocenters. The van der Waals surface area contributed by atoms with Gasteiger partial charge in [0.1, 0.15) is 6.07 Å². The average molecular weight is 299 g/mol. The van der Waals surface area contributed by atoms with Gasteiger partial charge in [-0.05, 0) is 55.8 Å². The number of hydrogen-bond acceptors (Lipinski definition) is 2. The summed E-state index contributed by atoms with van der Waals surface area (Å²) in [6.45, 7) is 4.14. The SMILES string of the molecule is Cc1cc(/C=C(\C#N)c2ccccn2)c(C)n1-c1ccccc1. The molecule has 23 heavy (non-hydrogen) atoms. The number of aromatic nitrogens is 2. The van der Waals surface area contributed by atoms with Gasteiger partial charge < -0.3 is 4.57 Å². The van der Waals surface area contributed by atoms with E-state index in [1.54, 1.807) is 6.20 Å². The summed E-state index contributed by atoms with van der Waals surface area (Å²) in [6, 6.07) is 20.2. The standard InChI is InChI=1S/C20H17N3/c1-15-12-17(13-18(14-21)20-10-6-7-11-22-20)16(2)23(15)19-8-4-3-5-9-19/h3-13H,1-2H3/b18-13+. The highest BCUT2D eigenvalue weighted by molar-refractivity contribution is 5.88. The van der Waals surface area contributed by atoms with E-state index in [2.05, 4.69) is 47.7 Å². The lowest BCUT2D eigenvalue weighted by Gasteiger charge is -2.09. The fourth-order valence-corrected chi connectivity index (χ4v) is 2.75. The third-order valence-corrected chi connectivity index (χ3v) is 3.85. The molecule has 0 fully saturated rings. The first-order chi connectivity index (χ1) is 11.2. The molecule has 112 valence electrons. The summed E-state index contributed by atoms with van der Waals surface area (Å²) < 4.78 is 2.19. The Morgan fingerprint density at radius 3 is 2.48 bits per heavy atom. The third kappa shape index (κ3) is 2.93. The van der Waals surface area contributed by atoms with Crippen molar-refractivity contribution in [1.29, 1.82) is 5.26 Å². The lowest BCUT2D eigenvalue weighted by molar-refractivity contribution is 0.964. The number of aryl methyl sites for hydroxylation is 1. The van der Waals surface area contributed by atoms with Gasteiger partial charge in [-0.1, -0.05) is 24.3 Å². The first-order valence-electron chi connectivity index (χ1n) is 7.48. The second-order valence-corrected chi connectivity index (χ2v) is 5.38. The number of hydrogen-bond donors (Lipinski definition) is 0. The molecule has 1 aromatic carbocycles. The van der Waals surface area contributed by atoms with E-state index in [0.29, 0.717) is 11.3 Å². The Hall–Kier alpha value is -3.12. The quantitative estimate of drug-likeness (QED) is 0.666. The van der Waals surface area contributed by atoms with Gasteiger partial charge in [0.2, 0.25) is 0 Å². The van der Waals surface area contributed by atoms with Crippen LogP contribution in [0.25, 0.3) is 17.3 Å². The van der Waals surface area contributed by atoms with Crippen LogP contribution >= 0.6 is 0 Å². The first-order valence-corrected chi connectivity index (χ1v) is 7.48. The van der Waals surface area contributed by atoms with E-state index in [0.717, 1.165) is 22.6 Å². The van der Waals surface area contributed by atoms with Gasteiger partial charge in [-0.3, -0.25) is 4.98 Å². The molecule has 0 bridgehead atoms. The predicted octanol–water partition coefficient (Wildman–Crippen LogP) is 4.55. The number of pyridine rings is 1. The topological polar surface area (TPSA) is 41.6 Å². The van der Waals surface area contributed by atoms with Crippen LogP contribution in [0.3, 0.4) is 0 Å². The van der Waals surface area contributed by atoms with E-state index < -0.39 is 0 Å². The molecule has 0 aliphatic rings. The second kappa shape index (κ2) is 6.33. The van der Waals surface area contributed by atoms with Crippen LogP contribution in [0.15, 0.2) is 60.8 Å². The van der Waals surface area contributed by atoms with E-state index in [1.165, 1.54) is 0 Å². The zero-order valence-corrected chi connectivity index (χ0v) is 13.2. The molecule has 2 heterocycles. The minimum atomic E-state index is 0.568. The number of benzene rings is 1. The lowest BCUT2D eigenvalue weighted by Crippen LogP contribution is -1.98. The zero-order valence-electron chi connectivity index (χ0n) is 13.2. The fraction of sp³-hybridized carbons (Fsp3) is 0.100.